The van der Waals surface area contributed by atoms with Crippen LogP contribution >= 0.6 is 11.8 Å². The highest BCUT2D eigenvalue weighted by molar-refractivity contribution is 7.99. The summed E-state index contributed by atoms with van der Waals surface area (Å²) in [5.41, 5.74) is 4.98. The summed E-state index contributed by atoms with van der Waals surface area (Å²) in [4.78, 5) is 28.6. The first kappa shape index (κ1) is 21.2. The second kappa shape index (κ2) is 9.40. The molecule has 3 aromatic carbocycles. The summed E-state index contributed by atoms with van der Waals surface area (Å²) in [5, 5.41) is 2.95. The van der Waals surface area contributed by atoms with Crippen molar-refractivity contribution < 1.29 is 9.59 Å². The molecular weight excluding hydrogens is 404 g/mol. The Hall–Kier alpha value is -3.05. The third-order valence-electron chi connectivity index (χ3n) is 5.59. The number of rotatable bonds is 6. The van der Waals surface area contributed by atoms with E-state index in [0.717, 1.165) is 29.1 Å². The van der Waals surface area contributed by atoms with E-state index in [9.17, 15) is 9.59 Å². The second-order valence-corrected chi connectivity index (χ2v) is 9.09. The molecule has 1 fully saturated rings. The lowest BCUT2D eigenvalue weighted by molar-refractivity contribution is -0.128. The van der Waals surface area contributed by atoms with Gasteiger partial charge in [-0.2, -0.15) is 0 Å². The van der Waals surface area contributed by atoms with Crippen molar-refractivity contribution in [1.29, 1.82) is 0 Å². The number of carbonyl (C=O) groups excluding carboxylic acids is 2. The third-order valence-corrected chi connectivity index (χ3v) is 6.58. The van der Waals surface area contributed by atoms with Gasteiger partial charge in [-0.05, 0) is 85.5 Å². The largest absolute Gasteiger partial charge is 0.338 e. The second-order valence-electron chi connectivity index (χ2n) is 7.94. The topological polar surface area (TPSA) is 49.4 Å². The fraction of sp³-hybridized carbons (Fsp3) is 0.231. The zero-order valence-corrected chi connectivity index (χ0v) is 18.7. The van der Waals surface area contributed by atoms with E-state index in [0.29, 0.717) is 18.5 Å². The van der Waals surface area contributed by atoms with Gasteiger partial charge in [-0.25, -0.2) is 0 Å². The summed E-state index contributed by atoms with van der Waals surface area (Å²) < 4.78 is 0. The van der Waals surface area contributed by atoms with Gasteiger partial charge in [0.2, 0.25) is 5.91 Å². The highest BCUT2D eigenvalue weighted by Gasteiger charge is 2.20. The van der Waals surface area contributed by atoms with Crippen LogP contribution < -0.4 is 5.32 Å². The molecule has 5 heteroatoms. The van der Waals surface area contributed by atoms with Crippen LogP contribution in [0.25, 0.3) is 0 Å². The first-order chi connectivity index (χ1) is 15.0. The van der Waals surface area contributed by atoms with Crippen LogP contribution in [0, 0.1) is 13.8 Å². The molecule has 1 aliphatic heterocycles. The fourth-order valence-corrected chi connectivity index (χ4v) is 4.49. The van der Waals surface area contributed by atoms with Crippen molar-refractivity contribution in [2.75, 3.05) is 11.9 Å². The van der Waals surface area contributed by atoms with Gasteiger partial charge in [0.15, 0.2) is 0 Å². The minimum atomic E-state index is -0.140. The summed E-state index contributed by atoms with van der Waals surface area (Å²) in [6.07, 6.45) is 1.57. The van der Waals surface area contributed by atoms with E-state index in [4.69, 9.17) is 0 Å². The van der Waals surface area contributed by atoms with E-state index in [1.807, 2.05) is 53.4 Å². The third kappa shape index (κ3) is 5.36. The van der Waals surface area contributed by atoms with E-state index in [2.05, 4.69) is 37.4 Å². The average molecular weight is 431 g/mol. The number of anilines is 1. The lowest BCUT2D eigenvalue weighted by Gasteiger charge is -2.15. The monoisotopic (exact) mass is 430 g/mol. The van der Waals surface area contributed by atoms with Gasteiger partial charge in [-0.1, -0.05) is 30.0 Å². The van der Waals surface area contributed by atoms with Crippen molar-refractivity contribution in [3.05, 3.63) is 89.0 Å². The molecule has 0 radical (unpaired) electrons. The summed E-state index contributed by atoms with van der Waals surface area (Å²) in [5.74, 6) is 0.0688. The molecule has 1 saturated heterocycles. The molecule has 2 amide bonds. The van der Waals surface area contributed by atoms with Crippen LogP contribution in [0.3, 0.4) is 0 Å². The Balaban J connectivity index is 1.34. The van der Waals surface area contributed by atoms with Gasteiger partial charge in [0, 0.05) is 40.6 Å². The van der Waals surface area contributed by atoms with Gasteiger partial charge in [-0.15, -0.1) is 0 Å². The zero-order chi connectivity index (χ0) is 21.8. The van der Waals surface area contributed by atoms with Crippen molar-refractivity contribution in [3.8, 4) is 0 Å². The summed E-state index contributed by atoms with van der Waals surface area (Å²) >= 11 is 1.71. The number of amides is 2. The van der Waals surface area contributed by atoms with Gasteiger partial charge in [0.25, 0.3) is 5.91 Å². The molecule has 0 spiro atoms. The molecule has 4 nitrogen and oxygen atoms in total. The summed E-state index contributed by atoms with van der Waals surface area (Å²) in [6.45, 7) is 5.67. The van der Waals surface area contributed by atoms with Crippen LogP contribution in [-0.2, 0) is 11.3 Å². The van der Waals surface area contributed by atoms with Gasteiger partial charge in [0.1, 0.15) is 0 Å². The fourth-order valence-electron chi connectivity index (χ4n) is 3.58. The van der Waals surface area contributed by atoms with E-state index in [-0.39, 0.29) is 11.8 Å². The van der Waals surface area contributed by atoms with Crippen LogP contribution in [-0.4, -0.2) is 23.3 Å². The van der Waals surface area contributed by atoms with E-state index < -0.39 is 0 Å². The molecule has 0 aromatic heterocycles. The number of likely N-dealkylation sites (tertiary alicyclic amines) is 1. The van der Waals surface area contributed by atoms with Crippen LogP contribution in [0.5, 0.6) is 0 Å². The van der Waals surface area contributed by atoms with Gasteiger partial charge >= 0.3 is 0 Å². The van der Waals surface area contributed by atoms with Crippen molar-refractivity contribution in [2.45, 2.75) is 43.0 Å². The molecule has 0 bridgehead atoms. The Kier molecular flexibility index (Phi) is 6.42. The van der Waals surface area contributed by atoms with Crippen LogP contribution in [0.2, 0.25) is 0 Å². The van der Waals surface area contributed by atoms with E-state index in [1.54, 1.807) is 11.8 Å². The van der Waals surface area contributed by atoms with Crippen molar-refractivity contribution in [2.24, 2.45) is 0 Å². The smallest absolute Gasteiger partial charge is 0.255 e. The first-order valence-electron chi connectivity index (χ1n) is 10.5. The average Bonchev–Trinajstić information content (AvgIpc) is 3.17. The van der Waals surface area contributed by atoms with E-state index >= 15 is 0 Å². The maximum Gasteiger partial charge on any atom is 0.255 e. The van der Waals surface area contributed by atoms with Gasteiger partial charge in [-0.3, -0.25) is 9.59 Å². The molecule has 4 rings (SSSR count). The molecular formula is C26H26N2O2S. The van der Waals surface area contributed by atoms with Gasteiger partial charge in [0.05, 0.1) is 0 Å². The predicted octanol–water partition coefficient (Wildman–Crippen LogP) is 5.83. The van der Waals surface area contributed by atoms with E-state index in [1.165, 1.54) is 16.0 Å². The Morgan fingerprint density at radius 2 is 1.65 bits per heavy atom. The number of aryl methyl sites for hydroxylation is 2. The van der Waals surface area contributed by atoms with Crippen LogP contribution in [0.1, 0.15) is 39.9 Å². The molecule has 3 aromatic rings. The predicted molar refractivity (Wildman–Crippen MR) is 126 cm³/mol. The normalized spacial score (nSPS) is 13.5. The first-order valence-corrected chi connectivity index (χ1v) is 11.3. The van der Waals surface area contributed by atoms with Crippen molar-refractivity contribution >= 4 is 29.3 Å². The minimum Gasteiger partial charge on any atom is -0.338 e. The summed E-state index contributed by atoms with van der Waals surface area (Å²) in [7, 11) is 0. The highest BCUT2D eigenvalue weighted by Crippen LogP contribution is 2.30. The lowest BCUT2D eigenvalue weighted by Crippen LogP contribution is -2.23. The number of benzene rings is 3. The number of nitrogens with one attached hydrogen (secondary N) is 1. The Morgan fingerprint density at radius 3 is 2.29 bits per heavy atom. The Bertz CT molecular complexity index is 1090. The molecule has 0 aliphatic carbocycles. The molecule has 1 heterocycles. The highest BCUT2D eigenvalue weighted by atomic mass is 32.2. The van der Waals surface area contributed by atoms with Crippen molar-refractivity contribution in [1.82, 2.24) is 4.90 Å². The van der Waals surface area contributed by atoms with Crippen LogP contribution in [0.4, 0.5) is 5.69 Å². The Morgan fingerprint density at radius 1 is 0.935 bits per heavy atom. The zero-order valence-electron chi connectivity index (χ0n) is 17.9. The summed E-state index contributed by atoms with van der Waals surface area (Å²) in [6, 6.07) is 21.8. The maximum absolute atomic E-state index is 12.6. The number of hydrogen-bond donors (Lipinski definition) is 1. The standard InChI is InChI=1S/C26H26N2O2S/c1-18-5-12-24(16-19(18)2)31-23-13-10-22(11-14-23)27-26(30)21-8-6-20(7-9-21)17-28-15-3-4-25(28)29/h5-14,16H,3-4,15,17H2,1-2H3,(H,27,30). The number of hydrogen-bond acceptors (Lipinski definition) is 3. The number of nitrogens with zero attached hydrogens (tertiary/aromatic N) is 1. The molecule has 158 valence electrons. The van der Waals surface area contributed by atoms with Crippen LogP contribution in [0.15, 0.2) is 76.5 Å². The molecule has 1 N–H and O–H groups in total. The molecule has 0 atom stereocenters. The number of carbonyl (C=O) groups is 2. The van der Waals surface area contributed by atoms with Crippen molar-refractivity contribution in [3.63, 3.8) is 0 Å². The molecule has 0 unspecified atom stereocenters. The SMILES string of the molecule is Cc1ccc(Sc2ccc(NC(=O)c3ccc(CN4CCCC4=O)cc3)cc2)cc1C. The minimum absolute atomic E-state index is 0.140. The molecule has 31 heavy (non-hydrogen) atoms. The quantitative estimate of drug-likeness (QED) is 0.535. The molecule has 0 saturated carbocycles. The maximum atomic E-state index is 12.6. The van der Waals surface area contributed by atoms with Gasteiger partial charge < -0.3 is 10.2 Å². The lowest BCUT2D eigenvalue weighted by atomic mass is 10.1. The Labute approximate surface area is 187 Å². The molecule has 1 aliphatic rings.